The summed E-state index contributed by atoms with van der Waals surface area (Å²) in [4.78, 5) is 13.0. The van der Waals surface area contributed by atoms with Crippen LogP contribution in [0.3, 0.4) is 0 Å². The summed E-state index contributed by atoms with van der Waals surface area (Å²) in [5.41, 5.74) is 1.43. The van der Waals surface area contributed by atoms with Gasteiger partial charge in [-0.05, 0) is 85.5 Å². The molecule has 0 aliphatic carbocycles. The van der Waals surface area contributed by atoms with Crippen LogP contribution in [0, 0.1) is 10.8 Å². The molecule has 2 atom stereocenters. The van der Waals surface area contributed by atoms with Gasteiger partial charge in [-0.1, -0.05) is 41.5 Å². The van der Waals surface area contributed by atoms with E-state index in [9.17, 15) is 4.79 Å². The summed E-state index contributed by atoms with van der Waals surface area (Å²) in [6.45, 7) is 23.2. The minimum Gasteiger partial charge on any atom is -0.493 e. The summed E-state index contributed by atoms with van der Waals surface area (Å²) in [6.07, 6.45) is 2.04. The molecule has 0 aromatic heterocycles. The van der Waals surface area contributed by atoms with E-state index in [-0.39, 0.29) is 28.8 Å². The maximum Gasteiger partial charge on any atom is 0.193 e. The third-order valence-corrected chi connectivity index (χ3v) is 8.08. The van der Waals surface area contributed by atoms with Crippen molar-refractivity contribution in [1.82, 2.24) is 0 Å². The highest BCUT2D eigenvalue weighted by Gasteiger charge is 2.27. The van der Waals surface area contributed by atoms with Gasteiger partial charge in [0.05, 0.1) is 25.4 Å². The standard InChI is InChI=1S/C31H50O5Si2/c1-30(2,3)27(35-37(7)8)19-21-33-25-15-11-23(12-16-25)29(32)24-13-17-26(18-14-24)34-22-20-28(31(4,5)6)36-38(9)10/h11-18,27-28,37-38H,19-22H2,1-10H3. The number of carbonyl (C=O) groups excluding carboxylic acids is 1. The first-order valence-corrected chi connectivity index (χ1v) is 19.5. The minimum absolute atomic E-state index is 0.0192. The van der Waals surface area contributed by atoms with Crippen molar-refractivity contribution in [3.8, 4) is 11.5 Å². The molecule has 0 saturated carbocycles. The van der Waals surface area contributed by atoms with Gasteiger partial charge in [0.2, 0.25) is 0 Å². The fraction of sp³-hybridized carbons (Fsp3) is 0.581. The van der Waals surface area contributed by atoms with Crippen LogP contribution in [0.4, 0.5) is 0 Å². The molecule has 2 aromatic rings. The Bertz CT molecular complexity index is 894. The molecule has 7 heteroatoms. The van der Waals surface area contributed by atoms with E-state index in [4.69, 9.17) is 18.3 Å². The zero-order valence-electron chi connectivity index (χ0n) is 25.3. The largest absolute Gasteiger partial charge is 0.493 e. The van der Waals surface area contributed by atoms with Crippen LogP contribution in [0.5, 0.6) is 11.5 Å². The third-order valence-electron chi connectivity index (χ3n) is 6.34. The van der Waals surface area contributed by atoms with E-state index in [1.54, 1.807) is 0 Å². The van der Waals surface area contributed by atoms with Gasteiger partial charge in [0.25, 0.3) is 0 Å². The molecule has 2 rings (SSSR count). The van der Waals surface area contributed by atoms with Crippen molar-refractivity contribution < 1.29 is 23.1 Å². The zero-order valence-corrected chi connectivity index (χ0v) is 27.6. The van der Waals surface area contributed by atoms with Crippen molar-refractivity contribution in [1.29, 1.82) is 0 Å². The fourth-order valence-electron chi connectivity index (χ4n) is 4.21. The van der Waals surface area contributed by atoms with E-state index >= 15 is 0 Å². The summed E-state index contributed by atoms with van der Waals surface area (Å²) in [5.74, 6) is 1.50. The number of hydrogen-bond acceptors (Lipinski definition) is 5. The molecular formula is C31H50O5Si2. The summed E-state index contributed by atoms with van der Waals surface area (Å²) in [5, 5.41) is 0. The van der Waals surface area contributed by atoms with E-state index in [0.29, 0.717) is 24.3 Å². The second-order valence-electron chi connectivity index (χ2n) is 12.7. The molecule has 0 saturated heterocycles. The number of carbonyl (C=O) groups is 1. The van der Waals surface area contributed by atoms with Gasteiger partial charge in [-0.3, -0.25) is 4.79 Å². The van der Waals surface area contributed by atoms with Crippen LogP contribution in [-0.2, 0) is 8.85 Å². The molecule has 0 bridgehead atoms. The molecule has 0 heterocycles. The molecule has 0 radical (unpaired) electrons. The van der Waals surface area contributed by atoms with Crippen LogP contribution in [0.1, 0.15) is 70.3 Å². The van der Waals surface area contributed by atoms with Gasteiger partial charge in [-0.25, -0.2) is 0 Å². The fourth-order valence-corrected chi connectivity index (χ4v) is 6.61. The first kappa shape index (κ1) is 32.3. The number of hydrogen-bond donors (Lipinski definition) is 0. The van der Waals surface area contributed by atoms with Crippen LogP contribution in [-0.4, -0.2) is 49.3 Å². The molecule has 0 aliphatic rings. The van der Waals surface area contributed by atoms with Crippen LogP contribution in [0.25, 0.3) is 0 Å². The number of benzene rings is 2. The summed E-state index contributed by atoms with van der Waals surface area (Å²) >= 11 is 0. The molecule has 212 valence electrons. The van der Waals surface area contributed by atoms with Crippen LogP contribution < -0.4 is 9.47 Å². The molecule has 0 amide bonds. The Kier molecular flexibility index (Phi) is 12.3. The van der Waals surface area contributed by atoms with E-state index < -0.39 is 18.1 Å². The van der Waals surface area contributed by atoms with Crippen LogP contribution in [0.2, 0.25) is 26.2 Å². The highest BCUT2D eigenvalue weighted by atomic mass is 28.3. The van der Waals surface area contributed by atoms with Gasteiger partial charge in [0, 0.05) is 24.0 Å². The van der Waals surface area contributed by atoms with E-state index in [2.05, 4.69) is 67.7 Å². The van der Waals surface area contributed by atoms with Crippen molar-refractivity contribution in [3.05, 3.63) is 59.7 Å². The highest BCUT2D eigenvalue weighted by molar-refractivity contribution is 6.48. The van der Waals surface area contributed by atoms with Gasteiger partial charge in [-0.15, -0.1) is 0 Å². The third kappa shape index (κ3) is 11.0. The van der Waals surface area contributed by atoms with Crippen molar-refractivity contribution in [3.63, 3.8) is 0 Å². The second-order valence-corrected chi connectivity index (χ2v) is 17.5. The summed E-state index contributed by atoms with van der Waals surface area (Å²) in [6, 6.07) is 14.8. The van der Waals surface area contributed by atoms with Gasteiger partial charge >= 0.3 is 0 Å². The van der Waals surface area contributed by atoms with E-state index in [1.165, 1.54) is 0 Å². The first-order valence-electron chi connectivity index (χ1n) is 14.0. The summed E-state index contributed by atoms with van der Waals surface area (Å²) in [7, 11) is -2.25. The molecule has 38 heavy (non-hydrogen) atoms. The topological polar surface area (TPSA) is 54.0 Å². The maximum atomic E-state index is 13.0. The van der Waals surface area contributed by atoms with E-state index in [1.807, 2.05) is 48.5 Å². The van der Waals surface area contributed by atoms with Crippen LogP contribution >= 0.6 is 0 Å². The van der Waals surface area contributed by atoms with Gasteiger partial charge in [0.15, 0.2) is 23.9 Å². The van der Waals surface area contributed by atoms with E-state index in [0.717, 1.165) is 24.3 Å². The molecule has 0 N–H and O–H groups in total. The van der Waals surface area contributed by atoms with Gasteiger partial charge in [0.1, 0.15) is 11.5 Å². The number of rotatable bonds is 14. The number of ether oxygens (including phenoxy) is 2. The Labute approximate surface area is 234 Å². The normalized spacial score (nSPS) is 14.0. The highest BCUT2D eigenvalue weighted by Crippen LogP contribution is 2.27. The van der Waals surface area contributed by atoms with Gasteiger partial charge < -0.3 is 18.3 Å². The lowest BCUT2D eigenvalue weighted by Crippen LogP contribution is -2.34. The molecule has 2 unspecified atom stereocenters. The molecule has 0 fully saturated rings. The summed E-state index contributed by atoms with van der Waals surface area (Å²) < 4.78 is 24.4. The van der Waals surface area contributed by atoms with Crippen molar-refractivity contribution >= 4 is 23.9 Å². The molecule has 2 aromatic carbocycles. The Hall–Kier alpha value is -1.94. The predicted molar refractivity (Wildman–Crippen MR) is 163 cm³/mol. The van der Waals surface area contributed by atoms with Crippen molar-refractivity contribution in [2.75, 3.05) is 13.2 Å². The Balaban J connectivity index is 1.89. The van der Waals surface area contributed by atoms with Crippen LogP contribution in [0.15, 0.2) is 48.5 Å². The molecule has 5 nitrogen and oxygen atoms in total. The quantitative estimate of drug-likeness (QED) is 0.180. The lowest BCUT2D eigenvalue weighted by atomic mass is 9.87. The monoisotopic (exact) mass is 558 g/mol. The Morgan fingerprint density at radius 1 is 0.632 bits per heavy atom. The maximum absolute atomic E-state index is 13.0. The number of ketones is 1. The molecule has 0 spiro atoms. The Morgan fingerprint density at radius 3 is 1.21 bits per heavy atom. The lowest BCUT2D eigenvalue weighted by Gasteiger charge is -2.32. The van der Waals surface area contributed by atoms with Crippen molar-refractivity contribution in [2.45, 2.75) is 92.8 Å². The average molecular weight is 559 g/mol. The molecule has 0 aliphatic heterocycles. The first-order chi connectivity index (χ1) is 17.7. The average Bonchev–Trinajstić information content (AvgIpc) is 2.81. The SMILES string of the molecule is C[SiH](C)OC(CCOc1ccc(C(=O)c2ccc(OCCC(O[SiH](C)C)C(C)(C)C)cc2)cc1)C(C)(C)C. The second kappa shape index (κ2) is 14.4. The smallest absolute Gasteiger partial charge is 0.193 e. The predicted octanol–water partition coefficient (Wildman–Crippen LogP) is 7.28. The van der Waals surface area contributed by atoms with Gasteiger partial charge in [-0.2, -0.15) is 0 Å². The zero-order chi connectivity index (χ0) is 28.5. The minimum atomic E-state index is -1.12. The lowest BCUT2D eigenvalue weighted by molar-refractivity contribution is 0.0645. The van der Waals surface area contributed by atoms with Crippen molar-refractivity contribution in [2.24, 2.45) is 10.8 Å². The Morgan fingerprint density at radius 2 is 0.947 bits per heavy atom. The molecular weight excluding hydrogens is 509 g/mol.